The number of hydrogen-bond donors (Lipinski definition) is 1. The molecule has 1 N–H and O–H groups in total. The maximum absolute atomic E-state index is 11.3. The van der Waals surface area contributed by atoms with Crippen LogP contribution in [0.2, 0.25) is 0 Å². The second-order valence-corrected chi connectivity index (χ2v) is 3.60. The molecule has 0 aliphatic heterocycles. The number of amides is 1. The molecule has 0 fully saturated rings. The molecular weight excluding hydrogens is 198 g/mol. The number of nitrogens with one attached hydrogen (secondary N) is 1. The average Bonchev–Trinajstić information content (AvgIpc) is 2.17. The maximum atomic E-state index is 11.3. The van der Waals surface area contributed by atoms with Crippen molar-refractivity contribution in [1.82, 2.24) is 5.32 Å². The van der Waals surface area contributed by atoms with Crippen molar-refractivity contribution in [1.29, 1.82) is 0 Å². The zero-order valence-electron chi connectivity index (χ0n) is 8.68. The van der Waals surface area contributed by atoms with E-state index in [0.717, 1.165) is 25.7 Å². The van der Waals surface area contributed by atoms with Gasteiger partial charge in [-0.3, -0.25) is 4.79 Å². The van der Waals surface area contributed by atoms with Crippen LogP contribution >= 0.6 is 11.6 Å². The van der Waals surface area contributed by atoms with Crippen molar-refractivity contribution in [3.8, 4) is 12.3 Å². The summed E-state index contributed by atoms with van der Waals surface area (Å²) in [5.41, 5.74) is 0. The van der Waals surface area contributed by atoms with Gasteiger partial charge >= 0.3 is 0 Å². The molecule has 2 nitrogen and oxygen atoms in total. The van der Waals surface area contributed by atoms with E-state index in [1.54, 1.807) is 0 Å². The lowest BCUT2D eigenvalue weighted by atomic mass is 10.1. The lowest BCUT2D eigenvalue weighted by molar-refractivity contribution is -0.121. The summed E-state index contributed by atoms with van der Waals surface area (Å²) < 4.78 is 0. The summed E-state index contributed by atoms with van der Waals surface area (Å²) in [4.78, 5) is 11.3. The van der Waals surface area contributed by atoms with Gasteiger partial charge in [-0.25, -0.2) is 0 Å². The van der Waals surface area contributed by atoms with Crippen molar-refractivity contribution in [3.63, 3.8) is 0 Å². The first-order chi connectivity index (χ1) is 6.74. The molecule has 0 aromatic carbocycles. The van der Waals surface area contributed by atoms with Crippen molar-refractivity contribution in [3.05, 3.63) is 0 Å². The molecule has 80 valence electrons. The summed E-state index contributed by atoms with van der Waals surface area (Å²) >= 11 is 5.50. The zero-order chi connectivity index (χ0) is 10.8. The highest BCUT2D eigenvalue weighted by molar-refractivity contribution is 6.17. The molecule has 0 aromatic rings. The zero-order valence-corrected chi connectivity index (χ0v) is 9.44. The van der Waals surface area contributed by atoms with Crippen LogP contribution in [0.25, 0.3) is 0 Å². The number of halogens is 1. The number of rotatable bonds is 7. The van der Waals surface area contributed by atoms with Crippen LogP contribution in [-0.4, -0.2) is 17.8 Å². The van der Waals surface area contributed by atoms with Gasteiger partial charge in [-0.05, 0) is 19.3 Å². The van der Waals surface area contributed by atoms with Crippen molar-refractivity contribution < 1.29 is 4.79 Å². The standard InChI is InChI=1S/C11H18ClNO/c1-3-7-10(4-2)13-11(14)8-5-6-9-12/h2,10H,3,5-9H2,1H3,(H,13,14). The van der Waals surface area contributed by atoms with E-state index in [2.05, 4.69) is 11.2 Å². The van der Waals surface area contributed by atoms with Gasteiger partial charge in [-0.15, -0.1) is 18.0 Å². The number of carbonyl (C=O) groups excluding carboxylic acids is 1. The highest BCUT2D eigenvalue weighted by Crippen LogP contribution is 1.99. The largest absolute Gasteiger partial charge is 0.342 e. The van der Waals surface area contributed by atoms with Gasteiger partial charge in [0.1, 0.15) is 0 Å². The van der Waals surface area contributed by atoms with E-state index in [-0.39, 0.29) is 11.9 Å². The summed E-state index contributed by atoms with van der Waals surface area (Å²) in [6.07, 6.45) is 9.34. The van der Waals surface area contributed by atoms with Gasteiger partial charge in [-0.2, -0.15) is 0 Å². The predicted molar refractivity (Wildman–Crippen MR) is 60.2 cm³/mol. The van der Waals surface area contributed by atoms with Crippen molar-refractivity contribution >= 4 is 17.5 Å². The molecule has 0 aliphatic rings. The Morgan fingerprint density at radius 1 is 1.57 bits per heavy atom. The van der Waals surface area contributed by atoms with E-state index in [1.807, 2.05) is 6.92 Å². The Balaban J connectivity index is 3.63. The Morgan fingerprint density at radius 2 is 2.29 bits per heavy atom. The van der Waals surface area contributed by atoms with Crippen molar-refractivity contribution in [2.45, 2.75) is 45.1 Å². The molecular formula is C11H18ClNO. The fourth-order valence-corrected chi connectivity index (χ4v) is 1.32. The Labute approximate surface area is 91.4 Å². The highest BCUT2D eigenvalue weighted by Gasteiger charge is 2.07. The monoisotopic (exact) mass is 215 g/mol. The first-order valence-electron chi connectivity index (χ1n) is 5.06. The number of unbranched alkanes of at least 4 members (excludes halogenated alkanes) is 1. The predicted octanol–water partition coefficient (Wildman–Crippen LogP) is 2.31. The van der Waals surface area contributed by atoms with Crippen LogP contribution in [0.5, 0.6) is 0 Å². The van der Waals surface area contributed by atoms with Crippen LogP contribution in [-0.2, 0) is 4.79 Å². The maximum Gasteiger partial charge on any atom is 0.220 e. The minimum absolute atomic E-state index is 0.0338. The Kier molecular flexibility index (Phi) is 8.47. The topological polar surface area (TPSA) is 29.1 Å². The smallest absolute Gasteiger partial charge is 0.220 e. The molecule has 0 aliphatic carbocycles. The van der Waals surface area contributed by atoms with Crippen LogP contribution < -0.4 is 5.32 Å². The van der Waals surface area contributed by atoms with E-state index >= 15 is 0 Å². The van der Waals surface area contributed by atoms with E-state index < -0.39 is 0 Å². The summed E-state index contributed by atoms with van der Waals surface area (Å²) in [7, 11) is 0. The molecule has 0 rings (SSSR count). The van der Waals surface area contributed by atoms with Crippen molar-refractivity contribution in [2.75, 3.05) is 5.88 Å². The second-order valence-electron chi connectivity index (χ2n) is 3.22. The van der Waals surface area contributed by atoms with Crippen molar-refractivity contribution in [2.24, 2.45) is 0 Å². The van der Waals surface area contributed by atoms with E-state index in [4.69, 9.17) is 18.0 Å². The lowest BCUT2D eigenvalue weighted by Crippen LogP contribution is -2.33. The summed E-state index contributed by atoms with van der Waals surface area (Å²) in [5, 5.41) is 2.81. The first-order valence-corrected chi connectivity index (χ1v) is 5.59. The quantitative estimate of drug-likeness (QED) is 0.394. The molecule has 3 heteroatoms. The normalized spacial score (nSPS) is 11.8. The average molecular weight is 216 g/mol. The third kappa shape index (κ3) is 6.80. The Hall–Kier alpha value is -0.680. The molecule has 1 atom stereocenters. The fraction of sp³-hybridized carbons (Fsp3) is 0.727. The number of terminal acetylenes is 1. The molecule has 1 unspecified atom stereocenters. The van der Waals surface area contributed by atoms with Crippen LogP contribution in [0.15, 0.2) is 0 Å². The molecule has 0 heterocycles. The minimum Gasteiger partial charge on any atom is -0.342 e. The minimum atomic E-state index is -0.108. The number of alkyl halides is 1. The molecule has 14 heavy (non-hydrogen) atoms. The van der Waals surface area contributed by atoms with Gasteiger partial charge in [0.2, 0.25) is 5.91 Å². The van der Waals surface area contributed by atoms with Gasteiger partial charge in [0, 0.05) is 12.3 Å². The van der Waals surface area contributed by atoms with E-state index in [1.165, 1.54) is 0 Å². The summed E-state index contributed by atoms with van der Waals surface area (Å²) in [5.74, 6) is 3.21. The van der Waals surface area contributed by atoms with E-state index in [9.17, 15) is 4.79 Å². The highest BCUT2D eigenvalue weighted by atomic mass is 35.5. The molecule has 0 spiro atoms. The van der Waals surface area contributed by atoms with Crippen LogP contribution in [0.4, 0.5) is 0 Å². The number of hydrogen-bond acceptors (Lipinski definition) is 1. The Morgan fingerprint density at radius 3 is 2.79 bits per heavy atom. The van der Waals surface area contributed by atoms with Gasteiger partial charge in [0.15, 0.2) is 0 Å². The van der Waals surface area contributed by atoms with E-state index in [0.29, 0.717) is 12.3 Å². The van der Waals surface area contributed by atoms with Gasteiger partial charge in [-0.1, -0.05) is 19.3 Å². The van der Waals surface area contributed by atoms with Crippen LogP contribution in [0.3, 0.4) is 0 Å². The van der Waals surface area contributed by atoms with Crippen LogP contribution in [0, 0.1) is 12.3 Å². The van der Waals surface area contributed by atoms with Gasteiger partial charge < -0.3 is 5.32 Å². The lowest BCUT2D eigenvalue weighted by Gasteiger charge is -2.11. The van der Waals surface area contributed by atoms with Gasteiger partial charge in [0.25, 0.3) is 0 Å². The molecule has 0 aromatic heterocycles. The second kappa shape index (κ2) is 8.90. The molecule has 0 saturated carbocycles. The molecule has 0 bridgehead atoms. The van der Waals surface area contributed by atoms with Gasteiger partial charge in [0.05, 0.1) is 6.04 Å². The molecule has 0 radical (unpaired) electrons. The first kappa shape index (κ1) is 13.3. The summed E-state index contributed by atoms with van der Waals surface area (Å²) in [6, 6.07) is -0.108. The third-order valence-electron chi connectivity index (χ3n) is 1.90. The Bertz CT molecular complexity index is 198. The molecule has 1 amide bonds. The number of carbonyl (C=O) groups is 1. The summed E-state index contributed by atoms with van der Waals surface area (Å²) in [6.45, 7) is 2.05. The van der Waals surface area contributed by atoms with Crippen LogP contribution in [0.1, 0.15) is 39.0 Å². The SMILES string of the molecule is C#CC(CCC)NC(=O)CCCCCl. The molecule has 0 saturated heterocycles. The fourth-order valence-electron chi connectivity index (χ4n) is 1.13. The third-order valence-corrected chi connectivity index (χ3v) is 2.17.